The summed E-state index contributed by atoms with van der Waals surface area (Å²) < 4.78 is 0. The first-order valence-electron chi connectivity index (χ1n) is 4.47. The maximum absolute atomic E-state index is 5.73. The maximum atomic E-state index is 5.73. The highest BCUT2D eigenvalue weighted by atomic mass is 15.0. The van der Waals surface area contributed by atoms with Crippen molar-refractivity contribution in [2.75, 3.05) is 21.1 Å². The SMILES string of the molecule is CN(C)C.NC1C2CCC1C2. The Kier molecular flexibility index (Phi) is 2.90. The molecule has 0 aromatic heterocycles. The number of fused-ring (bicyclic) bond motifs is 1. The van der Waals surface area contributed by atoms with Crippen LogP contribution in [-0.2, 0) is 0 Å². The van der Waals surface area contributed by atoms with Crippen molar-refractivity contribution in [1.29, 1.82) is 0 Å². The van der Waals surface area contributed by atoms with Crippen LogP contribution in [0.15, 0.2) is 0 Å². The first-order valence-corrected chi connectivity index (χ1v) is 4.47. The zero-order valence-corrected chi connectivity index (χ0v) is 7.88. The number of rotatable bonds is 0. The van der Waals surface area contributed by atoms with Gasteiger partial charge in [-0.2, -0.15) is 0 Å². The Bertz CT molecular complexity index is 106. The number of hydrogen-bond donors (Lipinski definition) is 1. The van der Waals surface area contributed by atoms with E-state index in [2.05, 4.69) is 0 Å². The number of nitrogens with zero attached hydrogens (tertiary/aromatic N) is 1. The maximum Gasteiger partial charge on any atom is 0.00958 e. The van der Waals surface area contributed by atoms with Gasteiger partial charge in [0.05, 0.1) is 0 Å². The van der Waals surface area contributed by atoms with E-state index in [-0.39, 0.29) is 0 Å². The predicted octanol–water partition coefficient (Wildman–Crippen LogP) is 0.921. The summed E-state index contributed by atoms with van der Waals surface area (Å²) in [6.45, 7) is 0. The zero-order valence-electron chi connectivity index (χ0n) is 7.88. The van der Waals surface area contributed by atoms with Crippen LogP contribution in [0.25, 0.3) is 0 Å². The third kappa shape index (κ3) is 2.17. The Balaban J connectivity index is 0.000000134. The molecule has 0 amide bonds. The van der Waals surface area contributed by atoms with Gasteiger partial charge in [-0.25, -0.2) is 0 Å². The molecule has 2 bridgehead atoms. The van der Waals surface area contributed by atoms with Crippen LogP contribution >= 0.6 is 0 Å². The Hall–Kier alpha value is -0.0800. The summed E-state index contributed by atoms with van der Waals surface area (Å²) in [5.41, 5.74) is 5.73. The second-order valence-corrected chi connectivity index (χ2v) is 4.25. The Morgan fingerprint density at radius 3 is 1.55 bits per heavy atom. The lowest BCUT2D eigenvalue weighted by Crippen LogP contribution is -2.41. The summed E-state index contributed by atoms with van der Waals surface area (Å²) in [6, 6.07) is 0.611. The molecule has 3 aliphatic rings. The summed E-state index contributed by atoms with van der Waals surface area (Å²) >= 11 is 0. The minimum atomic E-state index is 0.611. The fraction of sp³-hybridized carbons (Fsp3) is 1.00. The van der Waals surface area contributed by atoms with Crippen molar-refractivity contribution in [3.8, 4) is 0 Å². The normalized spacial score (nSPS) is 39.5. The molecule has 11 heavy (non-hydrogen) atoms. The van der Waals surface area contributed by atoms with Crippen LogP contribution in [0, 0.1) is 11.8 Å². The Labute approximate surface area is 69.8 Å². The molecule has 0 saturated heterocycles. The van der Waals surface area contributed by atoms with E-state index in [1.807, 2.05) is 26.0 Å². The van der Waals surface area contributed by atoms with Gasteiger partial charge >= 0.3 is 0 Å². The van der Waals surface area contributed by atoms with Gasteiger partial charge in [0.25, 0.3) is 0 Å². The van der Waals surface area contributed by atoms with E-state index in [4.69, 9.17) is 5.73 Å². The standard InChI is InChI=1S/C6H11N.C3H9N/c7-6-4-1-2-5(6)3-4;1-4(2)3/h4-6H,1-3,7H2;1-3H3. The van der Waals surface area contributed by atoms with E-state index in [1.165, 1.54) is 19.3 Å². The molecule has 0 radical (unpaired) electrons. The van der Waals surface area contributed by atoms with Gasteiger partial charge in [0, 0.05) is 6.04 Å². The van der Waals surface area contributed by atoms with Crippen molar-refractivity contribution in [2.45, 2.75) is 25.3 Å². The average Bonchev–Trinajstić information content (AvgIpc) is 2.43. The average molecular weight is 156 g/mol. The van der Waals surface area contributed by atoms with E-state index in [1.54, 1.807) is 0 Å². The van der Waals surface area contributed by atoms with Crippen LogP contribution in [0.4, 0.5) is 0 Å². The quantitative estimate of drug-likeness (QED) is 0.565. The molecule has 0 aromatic rings. The van der Waals surface area contributed by atoms with Gasteiger partial charge in [0.15, 0.2) is 0 Å². The molecule has 2 N–H and O–H groups in total. The fourth-order valence-corrected chi connectivity index (χ4v) is 1.94. The molecule has 3 aliphatic carbocycles. The lowest BCUT2D eigenvalue weighted by Gasteiger charge is -2.31. The van der Waals surface area contributed by atoms with Gasteiger partial charge < -0.3 is 10.6 Å². The minimum absolute atomic E-state index is 0.611. The van der Waals surface area contributed by atoms with Gasteiger partial charge in [-0.15, -0.1) is 0 Å². The molecule has 0 aliphatic heterocycles. The highest BCUT2D eigenvalue weighted by Crippen LogP contribution is 2.46. The minimum Gasteiger partial charge on any atom is -0.327 e. The van der Waals surface area contributed by atoms with E-state index >= 15 is 0 Å². The third-order valence-corrected chi connectivity index (χ3v) is 2.60. The van der Waals surface area contributed by atoms with Crippen LogP contribution < -0.4 is 5.73 Å². The Morgan fingerprint density at radius 2 is 1.45 bits per heavy atom. The van der Waals surface area contributed by atoms with Crippen LogP contribution in [0.1, 0.15) is 19.3 Å². The molecular weight excluding hydrogens is 136 g/mol. The van der Waals surface area contributed by atoms with Gasteiger partial charge in [-0.1, -0.05) is 0 Å². The van der Waals surface area contributed by atoms with E-state index in [0.29, 0.717) is 6.04 Å². The molecule has 3 rings (SSSR count). The molecule has 0 aromatic carbocycles. The monoisotopic (exact) mass is 156 g/mol. The molecule has 2 atom stereocenters. The van der Waals surface area contributed by atoms with Crippen molar-refractivity contribution in [2.24, 2.45) is 17.6 Å². The molecular formula is C9H20N2. The summed E-state index contributed by atoms with van der Waals surface area (Å²) in [4.78, 5) is 2.00. The first kappa shape index (κ1) is 9.01. The lowest BCUT2D eigenvalue weighted by molar-refractivity contribution is 0.242. The predicted molar refractivity (Wildman–Crippen MR) is 48.4 cm³/mol. The zero-order chi connectivity index (χ0) is 8.43. The van der Waals surface area contributed by atoms with Gasteiger partial charge in [0.1, 0.15) is 0 Å². The largest absolute Gasteiger partial charge is 0.327 e. The van der Waals surface area contributed by atoms with Crippen molar-refractivity contribution in [3.63, 3.8) is 0 Å². The van der Waals surface area contributed by atoms with E-state index < -0.39 is 0 Å². The lowest BCUT2D eigenvalue weighted by atomic mass is 9.79. The van der Waals surface area contributed by atoms with Crippen molar-refractivity contribution in [1.82, 2.24) is 4.90 Å². The van der Waals surface area contributed by atoms with E-state index in [9.17, 15) is 0 Å². The second kappa shape index (κ2) is 3.55. The first-order chi connectivity index (χ1) is 5.11. The van der Waals surface area contributed by atoms with Gasteiger partial charge in [-0.05, 0) is 52.2 Å². The van der Waals surface area contributed by atoms with Crippen LogP contribution in [0.3, 0.4) is 0 Å². The molecule has 2 unspecified atom stereocenters. The van der Waals surface area contributed by atoms with Crippen molar-refractivity contribution < 1.29 is 0 Å². The highest BCUT2D eigenvalue weighted by molar-refractivity contribution is 4.98. The smallest absolute Gasteiger partial charge is 0.00958 e. The molecule has 2 nitrogen and oxygen atoms in total. The second-order valence-electron chi connectivity index (χ2n) is 4.25. The number of nitrogens with two attached hydrogens (primary N) is 1. The molecule has 3 fully saturated rings. The summed E-state index contributed by atoms with van der Waals surface area (Å²) in [7, 11) is 6.00. The number of hydrogen-bond acceptors (Lipinski definition) is 2. The topological polar surface area (TPSA) is 29.3 Å². The molecule has 0 spiro atoms. The van der Waals surface area contributed by atoms with Crippen LogP contribution in [0.5, 0.6) is 0 Å². The summed E-state index contributed by atoms with van der Waals surface area (Å²) in [6.07, 6.45) is 4.29. The van der Waals surface area contributed by atoms with Crippen LogP contribution in [0.2, 0.25) is 0 Å². The molecule has 3 saturated carbocycles. The summed E-state index contributed by atoms with van der Waals surface area (Å²) in [5.74, 6) is 1.87. The van der Waals surface area contributed by atoms with E-state index in [0.717, 1.165) is 11.8 Å². The Morgan fingerprint density at radius 1 is 1.09 bits per heavy atom. The molecule has 66 valence electrons. The third-order valence-electron chi connectivity index (χ3n) is 2.60. The molecule has 0 heterocycles. The molecule has 2 heteroatoms. The fourth-order valence-electron chi connectivity index (χ4n) is 1.94. The van der Waals surface area contributed by atoms with Crippen molar-refractivity contribution in [3.05, 3.63) is 0 Å². The van der Waals surface area contributed by atoms with Crippen molar-refractivity contribution >= 4 is 0 Å². The van der Waals surface area contributed by atoms with Gasteiger partial charge in [-0.3, -0.25) is 0 Å². The van der Waals surface area contributed by atoms with Gasteiger partial charge in [0.2, 0.25) is 0 Å². The van der Waals surface area contributed by atoms with Crippen LogP contribution in [-0.4, -0.2) is 32.1 Å². The summed E-state index contributed by atoms with van der Waals surface area (Å²) in [5, 5.41) is 0. The highest BCUT2D eigenvalue weighted by Gasteiger charge is 2.43.